The SMILES string of the molecule is CC(C)(C)OC(=O)N1CCN(c2ccc(-c3cnc4c(-c5cccc6ncccc56)cnn4c3)cc2C#N)CC1. The number of ether oxygens (including phenoxy) is 1. The van der Waals surface area contributed by atoms with Gasteiger partial charge in [-0.3, -0.25) is 4.98 Å². The van der Waals surface area contributed by atoms with Crippen molar-refractivity contribution in [2.75, 3.05) is 31.1 Å². The first-order valence-corrected chi connectivity index (χ1v) is 13.3. The van der Waals surface area contributed by atoms with Crippen LogP contribution in [0.1, 0.15) is 26.3 Å². The predicted octanol–water partition coefficient (Wildman–Crippen LogP) is 5.54. The molecule has 1 aliphatic heterocycles. The number of amides is 1. The number of hydrogen-bond donors (Lipinski definition) is 0. The molecular formula is C31H29N7O2. The van der Waals surface area contributed by atoms with Gasteiger partial charge in [-0.25, -0.2) is 14.3 Å². The fraction of sp³-hybridized carbons (Fsp3) is 0.258. The fourth-order valence-corrected chi connectivity index (χ4v) is 5.09. The molecule has 1 aliphatic rings. The van der Waals surface area contributed by atoms with E-state index in [1.165, 1.54) is 0 Å². The molecule has 40 heavy (non-hydrogen) atoms. The van der Waals surface area contributed by atoms with Crippen LogP contribution in [-0.4, -0.2) is 62.4 Å². The van der Waals surface area contributed by atoms with E-state index in [-0.39, 0.29) is 6.09 Å². The maximum atomic E-state index is 12.4. The number of benzene rings is 2. The van der Waals surface area contributed by atoms with Gasteiger partial charge in [0.1, 0.15) is 11.7 Å². The summed E-state index contributed by atoms with van der Waals surface area (Å²) in [7, 11) is 0. The molecule has 2 aromatic carbocycles. The van der Waals surface area contributed by atoms with Crippen molar-refractivity contribution in [1.29, 1.82) is 5.26 Å². The number of carbonyl (C=O) groups is 1. The average molecular weight is 532 g/mol. The molecule has 0 saturated carbocycles. The molecule has 0 bridgehead atoms. The van der Waals surface area contributed by atoms with Gasteiger partial charge in [0.2, 0.25) is 0 Å². The number of hydrogen-bond acceptors (Lipinski definition) is 7. The molecule has 0 radical (unpaired) electrons. The summed E-state index contributed by atoms with van der Waals surface area (Å²) in [4.78, 5) is 25.5. The van der Waals surface area contributed by atoms with E-state index in [4.69, 9.17) is 9.72 Å². The largest absolute Gasteiger partial charge is 0.444 e. The summed E-state index contributed by atoms with van der Waals surface area (Å²) in [6, 6.07) is 18.2. The number of fused-ring (bicyclic) bond motifs is 2. The number of nitrogens with zero attached hydrogens (tertiary/aromatic N) is 7. The normalized spacial score (nSPS) is 13.9. The summed E-state index contributed by atoms with van der Waals surface area (Å²) in [5.74, 6) is 0. The highest BCUT2D eigenvalue weighted by Crippen LogP contribution is 2.32. The van der Waals surface area contributed by atoms with Crippen LogP contribution in [0.15, 0.2) is 73.3 Å². The van der Waals surface area contributed by atoms with Crippen LogP contribution in [0.2, 0.25) is 0 Å². The summed E-state index contributed by atoms with van der Waals surface area (Å²) in [6.45, 7) is 7.92. The number of aromatic nitrogens is 4. The maximum Gasteiger partial charge on any atom is 0.410 e. The zero-order valence-electron chi connectivity index (χ0n) is 22.7. The third kappa shape index (κ3) is 4.80. The van der Waals surface area contributed by atoms with Crippen LogP contribution in [0.3, 0.4) is 0 Å². The highest BCUT2D eigenvalue weighted by Gasteiger charge is 2.27. The van der Waals surface area contributed by atoms with Crippen LogP contribution in [0.4, 0.5) is 10.5 Å². The highest BCUT2D eigenvalue weighted by molar-refractivity contribution is 5.97. The lowest BCUT2D eigenvalue weighted by molar-refractivity contribution is 0.0240. The van der Waals surface area contributed by atoms with Crippen molar-refractivity contribution >= 4 is 28.3 Å². The van der Waals surface area contributed by atoms with Crippen molar-refractivity contribution in [3.63, 3.8) is 0 Å². The molecule has 6 rings (SSSR count). The molecule has 0 unspecified atom stereocenters. The lowest BCUT2D eigenvalue weighted by Crippen LogP contribution is -2.50. The smallest absolute Gasteiger partial charge is 0.410 e. The maximum absolute atomic E-state index is 12.4. The number of pyridine rings is 1. The van der Waals surface area contributed by atoms with E-state index in [9.17, 15) is 10.1 Å². The molecule has 5 aromatic rings. The van der Waals surface area contributed by atoms with Crippen LogP contribution in [-0.2, 0) is 4.74 Å². The van der Waals surface area contributed by atoms with Crippen molar-refractivity contribution in [3.8, 4) is 28.3 Å². The first kappa shape index (κ1) is 25.3. The van der Waals surface area contributed by atoms with E-state index in [1.807, 2.05) is 75.8 Å². The van der Waals surface area contributed by atoms with Gasteiger partial charge in [-0.05, 0) is 56.2 Å². The van der Waals surface area contributed by atoms with E-state index in [2.05, 4.69) is 33.2 Å². The Kier molecular flexibility index (Phi) is 6.31. The summed E-state index contributed by atoms with van der Waals surface area (Å²) < 4.78 is 7.28. The molecule has 0 atom stereocenters. The van der Waals surface area contributed by atoms with Crippen LogP contribution >= 0.6 is 0 Å². The van der Waals surface area contributed by atoms with Gasteiger partial charge in [0.15, 0.2) is 5.65 Å². The fourth-order valence-electron chi connectivity index (χ4n) is 5.09. The topological polar surface area (TPSA) is 99.7 Å². The van der Waals surface area contributed by atoms with E-state index >= 15 is 0 Å². The molecule has 0 aliphatic carbocycles. The second-order valence-corrected chi connectivity index (χ2v) is 10.8. The second-order valence-electron chi connectivity index (χ2n) is 10.8. The Morgan fingerprint density at radius 2 is 1.77 bits per heavy atom. The van der Waals surface area contributed by atoms with E-state index in [0.717, 1.165) is 44.5 Å². The Labute approximate surface area is 232 Å². The number of nitriles is 1. The molecular weight excluding hydrogens is 502 g/mol. The van der Waals surface area contributed by atoms with Crippen molar-refractivity contribution in [3.05, 3.63) is 78.9 Å². The summed E-state index contributed by atoms with van der Waals surface area (Å²) in [5, 5.41) is 15.6. The quantitative estimate of drug-likeness (QED) is 0.301. The molecule has 1 saturated heterocycles. The first-order valence-electron chi connectivity index (χ1n) is 13.3. The highest BCUT2D eigenvalue weighted by atomic mass is 16.6. The Bertz CT molecular complexity index is 1770. The lowest BCUT2D eigenvalue weighted by Gasteiger charge is -2.37. The minimum atomic E-state index is -0.527. The third-order valence-corrected chi connectivity index (χ3v) is 7.01. The molecule has 9 heteroatoms. The molecule has 9 nitrogen and oxygen atoms in total. The summed E-state index contributed by atoms with van der Waals surface area (Å²) >= 11 is 0. The number of anilines is 1. The van der Waals surface area contributed by atoms with Crippen molar-refractivity contribution < 1.29 is 9.53 Å². The minimum Gasteiger partial charge on any atom is -0.444 e. The Hall–Kier alpha value is -4.97. The van der Waals surface area contributed by atoms with Gasteiger partial charge in [-0.15, -0.1) is 0 Å². The average Bonchev–Trinajstić information content (AvgIpc) is 3.39. The molecule has 0 spiro atoms. The standard InChI is InChI=1S/C31H29N7O2/c1-31(2,3)40-30(39)37-14-12-36(13-15-37)28-10-9-21(16-22(28)17-32)23-18-34-29-26(19-35-38(29)20-23)24-6-4-8-27-25(24)7-5-11-33-27/h4-11,16,18-20H,12-15H2,1-3H3. The van der Waals surface area contributed by atoms with Crippen LogP contribution < -0.4 is 4.90 Å². The van der Waals surface area contributed by atoms with Crippen LogP contribution in [0, 0.1) is 11.3 Å². The zero-order chi connectivity index (χ0) is 27.9. The van der Waals surface area contributed by atoms with Gasteiger partial charge in [0.25, 0.3) is 0 Å². The van der Waals surface area contributed by atoms with E-state index in [0.29, 0.717) is 31.7 Å². The predicted molar refractivity (Wildman–Crippen MR) is 154 cm³/mol. The molecule has 3 aromatic heterocycles. The van der Waals surface area contributed by atoms with Crippen LogP contribution in [0.25, 0.3) is 38.8 Å². The van der Waals surface area contributed by atoms with E-state index < -0.39 is 5.60 Å². The molecule has 1 fully saturated rings. The number of piperazine rings is 1. The Morgan fingerprint density at radius 1 is 0.950 bits per heavy atom. The lowest BCUT2D eigenvalue weighted by atomic mass is 10.0. The van der Waals surface area contributed by atoms with Gasteiger partial charge >= 0.3 is 6.09 Å². The van der Waals surface area contributed by atoms with Gasteiger partial charge in [-0.2, -0.15) is 10.4 Å². The Balaban J connectivity index is 1.24. The second kappa shape index (κ2) is 9.97. The molecule has 0 N–H and O–H groups in total. The first-order chi connectivity index (χ1) is 19.3. The summed E-state index contributed by atoms with van der Waals surface area (Å²) in [5.41, 5.74) is 6.29. The van der Waals surface area contributed by atoms with Gasteiger partial charge in [-0.1, -0.05) is 24.3 Å². The van der Waals surface area contributed by atoms with Crippen molar-refractivity contribution in [2.24, 2.45) is 0 Å². The molecule has 1 amide bonds. The molecule has 200 valence electrons. The van der Waals surface area contributed by atoms with Gasteiger partial charge < -0.3 is 14.5 Å². The molecule has 4 heterocycles. The van der Waals surface area contributed by atoms with Crippen molar-refractivity contribution in [2.45, 2.75) is 26.4 Å². The number of carbonyl (C=O) groups excluding carboxylic acids is 1. The summed E-state index contributed by atoms with van der Waals surface area (Å²) in [6.07, 6.45) is 7.07. The zero-order valence-corrected chi connectivity index (χ0v) is 22.7. The van der Waals surface area contributed by atoms with E-state index in [1.54, 1.807) is 15.6 Å². The van der Waals surface area contributed by atoms with Gasteiger partial charge in [0.05, 0.1) is 23.0 Å². The van der Waals surface area contributed by atoms with Crippen LogP contribution in [0.5, 0.6) is 0 Å². The third-order valence-electron chi connectivity index (χ3n) is 7.01. The minimum absolute atomic E-state index is 0.301. The number of rotatable bonds is 3. The monoisotopic (exact) mass is 531 g/mol. The van der Waals surface area contributed by atoms with Gasteiger partial charge in [0, 0.05) is 61.3 Å². The van der Waals surface area contributed by atoms with Crippen molar-refractivity contribution in [1.82, 2.24) is 24.5 Å². The Morgan fingerprint density at radius 3 is 2.55 bits per heavy atom.